The standard InChI is InChI=1S/C28H28N4O2/c1-2-34-26-16-10-9-15-25(26)30-17-19-31(20-18-30)28(33)24-21-32(23-13-7-4-8-14-23)27(29-24)22-11-5-3-6-12-22/h3-16,21H,2,17-20H2,1H3. The van der Waals surface area contributed by atoms with E-state index in [1.54, 1.807) is 0 Å². The molecule has 0 N–H and O–H groups in total. The molecule has 5 rings (SSSR count). The fourth-order valence-corrected chi connectivity index (χ4v) is 4.37. The third kappa shape index (κ3) is 4.39. The first-order valence-corrected chi connectivity index (χ1v) is 11.7. The van der Waals surface area contributed by atoms with Crippen LogP contribution in [-0.2, 0) is 0 Å². The molecule has 6 nitrogen and oxygen atoms in total. The molecular formula is C28H28N4O2. The molecule has 0 unspecified atom stereocenters. The zero-order chi connectivity index (χ0) is 23.3. The summed E-state index contributed by atoms with van der Waals surface area (Å²) in [4.78, 5) is 22.4. The third-order valence-corrected chi connectivity index (χ3v) is 6.06. The van der Waals surface area contributed by atoms with Crippen LogP contribution in [0.4, 0.5) is 5.69 Å². The zero-order valence-corrected chi connectivity index (χ0v) is 19.3. The monoisotopic (exact) mass is 452 g/mol. The number of rotatable bonds is 6. The number of para-hydroxylation sites is 3. The van der Waals surface area contributed by atoms with Crippen molar-refractivity contribution in [2.75, 3.05) is 37.7 Å². The first-order chi connectivity index (χ1) is 16.7. The number of carbonyl (C=O) groups is 1. The minimum atomic E-state index is -0.0374. The molecule has 1 fully saturated rings. The number of amides is 1. The van der Waals surface area contributed by atoms with Crippen molar-refractivity contribution in [1.29, 1.82) is 0 Å². The second-order valence-corrected chi connectivity index (χ2v) is 8.20. The average molecular weight is 453 g/mol. The Bertz CT molecular complexity index is 1190. The number of hydrogen-bond donors (Lipinski definition) is 0. The maximum absolute atomic E-state index is 13.4. The van der Waals surface area contributed by atoms with Gasteiger partial charge < -0.3 is 14.5 Å². The fourth-order valence-electron chi connectivity index (χ4n) is 4.37. The molecule has 0 atom stereocenters. The molecule has 2 heterocycles. The van der Waals surface area contributed by atoms with Crippen LogP contribution in [0.3, 0.4) is 0 Å². The lowest BCUT2D eigenvalue weighted by molar-refractivity contribution is 0.0741. The van der Waals surface area contributed by atoms with E-state index in [4.69, 9.17) is 9.72 Å². The second-order valence-electron chi connectivity index (χ2n) is 8.20. The van der Waals surface area contributed by atoms with Crippen LogP contribution in [0.15, 0.2) is 91.1 Å². The maximum atomic E-state index is 13.4. The van der Waals surface area contributed by atoms with Gasteiger partial charge in [-0.05, 0) is 31.2 Å². The van der Waals surface area contributed by atoms with E-state index in [9.17, 15) is 4.79 Å². The van der Waals surface area contributed by atoms with Crippen LogP contribution in [0, 0.1) is 0 Å². The van der Waals surface area contributed by atoms with Crippen LogP contribution < -0.4 is 9.64 Å². The summed E-state index contributed by atoms with van der Waals surface area (Å²) in [5, 5.41) is 0. The lowest BCUT2D eigenvalue weighted by atomic mass is 10.2. The predicted molar refractivity (Wildman–Crippen MR) is 135 cm³/mol. The molecule has 172 valence electrons. The third-order valence-electron chi connectivity index (χ3n) is 6.06. The number of piperazine rings is 1. The van der Waals surface area contributed by atoms with Gasteiger partial charge in [0.15, 0.2) is 0 Å². The first-order valence-electron chi connectivity index (χ1n) is 11.7. The molecule has 3 aromatic carbocycles. The average Bonchev–Trinajstić information content (AvgIpc) is 3.36. The summed E-state index contributed by atoms with van der Waals surface area (Å²) in [6.07, 6.45) is 1.86. The lowest BCUT2D eigenvalue weighted by Crippen LogP contribution is -2.49. The van der Waals surface area contributed by atoms with Crippen LogP contribution in [0.5, 0.6) is 5.75 Å². The Kier molecular flexibility index (Phi) is 6.29. The number of anilines is 1. The first kappa shape index (κ1) is 21.8. The van der Waals surface area contributed by atoms with E-state index in [2.05, 4.69) is 11.0 Å². The number of aromatic nitrogens is 2. The van der Waals surface area contributed by atoms with E-state index in [1.807, 2.05) is 101 Å². The van der Waals surface area contributed by atoms with Crippen molar-refractivity contribution in [3.05, 3.63) is 96.8 Å². The lowest BCUT2D eigenvalue weighted by Gasteiger charge is -2.36. The second kappa shape index (κ2) is 9.83. The van der Waals surface area contributed by atoms with Crippen LogP contribution in [0.25, 0.3) is 17.1 Å². The topological polar surface area (TPSA) is 50.6 Å². The van der Waals surface area contributed by atoms with Crippen molar-refractivity contribution in [2.45, 2.75) is 6.92 Å². The number of nitrogens with zero attached hydrogens (tertiary/aromatic N) is 4. The van der Waals surface area contributed by atoms with Crippen molar-refractivity contribution in [1.82, 2.24) is 14.5 Å². The number of carbonyl (C=O) groups excluding carboxylic acids is 1. The van der Waals surface area contributed by atoms with E-state index in [0.29, 0.717) is 25.4 Å². The Labute approximate surface area is 200 Å². The van der Waals surface area contributed by atoms with Gasteiger partial charge in [-0.2, -0.15) is 0 Å². The molecule has 6 heteroatoms. The van der Waals surface area contributed by atoms with E-state index < -0.39 is 0 Å². The Morgan fingerprint density at radius 3 is 2.21 bits per heavy atom. The Morgan fingerprint density at radius 2 is 1.50 bits per heavy atom. The molecule has 0 radical (unpaired) electrons. The van der Waals surface area contributed by atoms with Crippen molar-refractivity contribution in [3.8, 4) is 22.8 Å². The molecule has 1 aliphatic heterocycles. The normalized spacial score (nSPS) is 13.7. The highest BCUT2D eigenvalue weighted by Crippen LogP contribution is 2.29. The molecule has 0 aliphatic carbocycles. The highest BCUT2D eigenvalue weighted by atomic mass is 16.5. The van der Waals surface area contributed by atoms with Gasteiger partial charge in [0.25, 0.3) is 5.91 Å². The molecule has 0 saturated carbocycles. The van der Waals surface area contributed by atoms with E-state index in [1.165, 1.54) is 0 Å². The number of ether oxygens (including phenoxy) is 1. The number of imidazole rings is 1. The summed E-state index contributed by atoms with van der Waals surface area (Å²) < 4.78 is 7.80. The SMILES string of the molecule is CCOc1ccccc1N1CCN(C(=O)c2cn(-c3ccccc3)c(-c3ccccc3)n2)CC1. The Hall–Kier alpha value is -4.06. The van der Waals surface area contributed by atoms with E-state index in [0.717, 1.165) is 41.6 Å². The molecule has 34 heavy (non-hydrogen) atoms. The minimum absolute atomic E-state index is 0.0374. The van der Waals surface area contributed by atoms with Crippen LogP contribution in [0.2, 0.25) is 0 Å². The molecule has 4 aromatic rings. The summed E-state index contributed by atoms with van der Waals surface area (Å²) in [5.74, 6) is 1.61. The molecule has 1 saturated heterocycles. The van der Waals surface area contributed by atoms with Crippen molar-refractivity contribution in [2.24, 2.45) is 0 Å². The molecule has 1 amide bonds. The zero-order valence-electron chi connectivity index (χ0n) is 19.3. The summed E-state index contributed by atoms with van der Waals surface area (Å²) in [6, 6.07) is 28.1. The minimum Gasteiger partial charge on any atom is -0.492 e. The van der Waals surface area contributed by atoms with Gasteiger partial charge in [0.05, 0.1) is 12.3 Å². The number of hydrogen-bond acceptors (Lipinski definition) is 4. The van der Waals surface area contributed by atoms with Gasteiger partial charge in [0.1, 0.15) is 17.3 Å². The Morgan fingerprint density at radius 1 is 0.853 bits per heavy atom. The summed E-state index contributed by atoms with van der Waals surface area (Å²) in [5.41, 5.74) is 3.50. The molecular weight excluding hydrogens is 424 g/mol. The van der Waals surface area contributed by atoms with Crippen molar-refractivity contribution < 1.29 is 9.53 Å². The maximum Gasteiger partial charge on any atom is 0.274 e. The van der Waals surface area contributed by atoms with Gasteiger partial charge in [-0.1, -0.05) is 60.7 Å². The van der Waals surface area contributed by atoms with Crippen molar-refractivity contribution >= 4 is 11.6 Å². The van der Waals surface area contributed by atoms with Gasteiger partial charge in [0.2, 0.25) is 0 Å². The van der Waals surface area contributed by atoms with Crippen LogP contribution >= 0.6 is 0 Å². The van der Waals surface area contributed by atoms with Gasteiger partial charge in [-0.25, -0.2) is 4.98 Å². The van der Waals surface area contributed by atoms with Crippen LogP contribution in [-0.4, -0.2) is 53.1 Å². The van der Waals surface area contributed by atoms with Gasteiger partial charge in [-0.3, -0.25) is 9.36 Å². The molecule has 0 spiro atoms. The largest absolute Gasteiger partial charge is 0.492 e. The molecule has 1 aliphatic rings. The molecule has 1 aromatic heterocycles. The quantitative estimate of drug-likeness (QED) is 0.418. The van der Waals surface area contributed by atoms with Crippen molar-refractivity contribution in [3.63, 3.8) is 0 Å². The Balaban J connectivity index is 1.37. The molecule has 0 bridgehead atoms. The summed E-state index contributed by atoms with van der Waals surface area (Å²) in [6.45, 7) is 5.40. The van der Waals surface area contributed by atoms with E-state index in [-0.39, 0.29) is 5.91 Å². The predicted octanol–water partition coefficient (Wildman–Crippen LogP) is 4.90. The summed E-state index contributed by atoms with van der Waals surface area (Å²) in [7, 11) is 0. The van der Waals surface area contributed by atoms with Crippen LogP contribution in [0.1, 0.15) is 17.4 Å². The fraction of sp³-hybridized carbons (Fsp3) is 0.214. The van der Waals surface area contributed by atoms with Gasteiger partial charge in [-0.15, -0.1) is 0 Å². The van der Waals surface area contributed by atoms with E-state index >= 15 is 0 Å². The smallest absolute Gasteiger partial charge is 0.274 e. The highest BCUT2D eigenvalue weighted by Gasteiger charge is 2.26. The highest BCUT2D eigenvalue weighted by molar-refractivity contribution is 5.93. The summed E-state index contributed by atoms with van der Waals surface area (Å²) >= 11 is 0. The number of benzene rings is 3. The van der Waals surface area contributed by atoms with Gasteiger partial charge >= 0.3 is 0 Å². The van der Waals surface area contributed by atoms with Gasteiger partial charge in [0, 0.05) is 43.6 Å².